The van der Waals surface area contributed by atoms with Gasteiger partial charge in [0.15, 0.2) is 0 Å². The van der Waals surface area contributed by atoms with Crippen molar-refractivity contribution in [3.63, 3.8) is 0 Å². The molecule has 0 unspecified atom stereocenters. The Morgan fingerprint density at radius 2 is 1.93 bits per heavy atom. The number of ether oxygens (including phenoxy) is 1. The number of hydrogen-bond donors (Lipinski definition) is 0. The Balaban J connectivity index is 2.98. The van der Waals surface area contributed by atoms with Crippen LogP contribution in [0.25, 0.3) is 0 Å². The first-order valence-corrected chi connectivity index (χ1v) is 5.24. The van der Waals surface area contributed by atoms with Crippen LogP contribution in [-0.2, 0) is 20.8 Å². The molecule has 1 atom stereocenters. The Labute approximate surface area is 92.1 Å². The van der Waals surface area contributed by atoms with Gasteiger partial charge < -0.3 is 4.74 Å². The molecular formula is C11H12O3S. The minimum Gasteiger partial charge on any atom is -0.465 e. The number of esters is 1. The van der Waals surface area contributed by atoms with Crippen molar-refractivity contribution < 1.29 is 13.7 Å². The molecule has 0 N–H and O–H groups in total. The molecule has 1 rings (SSSR count). The van der Waals surface area contributed by atoms with E-state index in [0.29, 0.717) is 0 Å². The summed E-state index contributed by atoms with van der Waals surface area (Å²) in [6.45, 7) is 1.81. The zero-order valence-electron chi connectivity index (χ0n) is 8.60. The molecule has 0 aliphatic heterocycles. The lowest BCUT2D eigenvalue weighted by atomic mass is 9.98. The molecule has 0 spiro atoms. The minimum atomic E-state index is -0.550. The molecule has 1 aromatic carbocycles. The number of benzene rings is 1. The summed E-state index contributed by atoms with van der Waals surface area (Å²) in [6, 6.07) is 9.39. The molecule has 0 radical (unpaired) electrons. The lowest BCUT2D eigenvalue weighted by Crippen LogP contribution is -2.21. The van der Waals surface area contributed by atoms with Crippen LogP contribution in [0.15, 0.2) is 30.3 Å². The van der Waals surface area contributed by atoms with E-state index in [1.807, 2.05) is 37.3 Å². The molecule has 0 aliphatic rings. The van der Waals surface area contributed by atoms with Crippen LogP contribution in [0.5, 0.6) is 0 Å². The maximum Gasteiger partial charge on any atom is 0.347 e. The summed E-state index contributed by atoms with van der Waals surface area (Å²) >= 11 is 0.198. The second-order valence-corrected chi connectivity index (χ2v) is 3.68. The van der Waals surface area contributed by atoms with E-state index in [2.05, 4.69) is 4.74 Å². The molecule has 0 saturated heterocycles. The summed E-state index contributed by atoms with van der Waals surface area (Å²) in [7, 11) is 1.27. The van der Waals surface area contributed by atoms with Crippen molar-refractivity contribution in [2.24, 2.45) is 0 Å². The SMILES string of the molecule is COC(=O)C(=S=O)[C@@H](C)c1ccccc1. The van der Waals surface area contributed by atoms with Crippen molar-refractivity contribution in [2.45, 2.75) is 12.8 Å². The number of methoxy groups -OCH3 is 1. The zero-order chi connectivity index (χ0) is 11.3. The fourth-order valence-corrected chi connectivity index (χ4v) is 1.71. The van der Waals surface area contributed by atoms with Crippen LogP contribution in [0.2, 0.25) is 0 Å². The quantitative estimate of drug-likeness (QED) is 0.575. The standard InChI is InChI=1S/C11H12O3S/c1-8(9-6-4-3-5-7-9)10(15-13)11(12)14-2/h3-8H,1-2H3/t8-/m0/s1. The molecule has 0 saturated carbocycles. The molecule has 0 fully saturated rings. The van der Waals surface area contributed by atoms with Crippen molar-refractivity contribution in [1.29, 1.82) is 0 Å². The zero-order valence-corrected chi connectivity index (χ0v) is 9.41. The maximum atomic E-state index is 11.3. The summed E-state index contributed by atoms with van der Waals surface area (Å²) < 4.78 is 15.4. The summed E-state index contributed by atoms with van der Waals surface area (Å²) in [5, 5.41) is 0. The molecule has 0 bridgehead atoms. The molecule has 0 aromatic heterocycles. The Bertz CT molecular complexity index is 394. The predicted molar refractivity (Wildman–Crippen MR) is 60.0 cm³/mol. The van der Waals surface area contributed by atoms with E-state index in [4.69, 9.17) is 0 Å². The maximum absolute atomic E-state index is 11.3. The molecule has 1 aromatic rings. The summed E-state index contributed by atoms with van der Waals surface area (Å²) in [5.41, 5.74) is 0.932. The molecule has 80 valence electrons. The highest BCUT2D eigenvalue weighted by Crippen LogP contribution is 2.16. The van der Waals surface area contributed by atoms with Gasteiger partial charge in [0.05, 0.1) is 7.11 Å². The number of rotatable bonds is 3. The third-order valence-corrected chi connectivity index (χ3v) is 2.87. The van der Waals surface area contributed by atoms with Crippen molar-refractivity contribution in [3.8, 4) is 0 Å². The van der Waals surface area contributed by atoms with E-state index < -0.39 is 5.97 Å². The number of hydrogen-bond acceptors (Lipinski definition) is 3. The van der Waals surface area contributed by atoms with E-state index in [0.717, 1.165) is 5.56 Å². The van der Waals surface area contributed by atoms with Gasteiger partial charge in [-0.1, -0.05) is 37.3 Å². The number of carbonyl (C=O) groups excluding carboxylic acids is 1. The molecule has 0 amide bonds. The molecule has 3 nitrogen and oxygen atoms in total. The van der Waals surface area contributed by atoms with Crippen LogP contribution >= 0.6 is 0 Å². The third kappa shape index (κ3) is 2.76. The van der Waals surface area contributed by atoms with Gasteiger partial charge in [-0.15, -0.1) is 0 Å². The van der Waals surface area contributed by atoms with Gasteiger partial charge in [-0.25, -0.2) is 9.00 Å². The fraction of sp³-hybridized carbons (Fsp3) is 0.273. The van der Waals surface area contributed by atoms with Gasteiger partial charge in [-0.3, -0.25) is 0 Å². The fourth-order valence-electron chi connectivity index (χ4n) is 1.28. The lowest BCUT2D eigenvalue weighted by molar-refractivity contribution is -0.132. The number of carbonyl (C=O) groups is 1. The second-order valence-electron chi connectivity index (χ2n) is 3.07. The van der Waals surface area contributed by atoms with Gasteiger partial charge in [-0.2, -0.15) is 0 Å². The molecule has 0 heterocycles. The van der Waals surface area contributed by atoms with Gasteiger partial charge >= 0.3 is 5.97 Å². The largest absolute Gasteiger partial charge is 0.465 e. The first-order chi connectivity index (χ1) is 7.20. The van der Waals surface area contributed by atoms with Crippen LogP contribution in [0.1, 0.15) is 18.4 Å². The normalized spacial score (nSPS) is 11.6. The highest BCUT2D eigenvalue weighted by Gasteiger charge is 2.20. The second kappa shape index (κ2) is 5.46. The smallest absolute Gasteiger partial charge is 0.347 e. The van der Waals surface area contributed by atoms with Gasteiger partial charge in [0.25, 0.3) is 0 Å². The highest BCUT2D eigenvalue weighted by molar-refractivity contribution is 7.68. The van der Waals surface area contributed by atoms with E-state index in [9.17, 15) is 9.00 Å². The van der Waals surface area contributed by atoms with Gasteiger partial charge in [0, 0.05) is 5.92 Å². The predicted octanol–water partition coefficient (Wildman–Crippen LogP) is 1.35. The van der Waals surface area contributed by atoms with Crippen molar-refractivity contribution in [1.82, 2.24) is 0 Å². The highest BCUT2D eigenvalue weighted by atomic mass is 32.1. The van der Waals surface area contributed by atoms with Crippen LogP contribution < -0.4 is 0 Å². The molecular weight excluding hydrogens is 212 g/mol. The average molecular weight is 224 g/mol. The third-order valence-electron chi connectivity index (χ3n) is 2.17. The first-order valence-electron chi connectivity index (χ1n) is 4.50. The Morgan fingerprint density at radius 1 is 1.33 bits per heavy atom. The van der Waals surface area contributed by atoms with Gasteiger partial charge in [-0.05, 0) is 5.56 Å². The topological polar surface area (TPSA) is 43.4 Å². The first kappa shape index (κ1) is 11.7. The lowest BCUT2D eigenvalue weighted by Gasteiger charge is -2.10. The summed E-state index contributed by atoms with van der Waals surface area (Å²) in [5.74, 6) is -0.771. The van der Waals surface area contributed by atoms with Gasteiger partial charge in [0.2, 0.25) is 0 Å². The van der Waals surface area contributed by atoms with Crippen molar-refractivity contribution in [2.75, 3.05) is 7.11 Å². The molecule has 15 heavy (non-hydrogen) atoms. The monoisotopic (exact) mass is 224 g/mol. The van der Waals surface area contributed by atoms with Crippen LogP contribution in [-0.4, -0.2) is 22.2 Å². The van der Waals surface area contributed by atoms with E-state index in [-0.39, 0.29) is 22.0 Å². The summed E-state index contributed by atoms with van der Waals surface area (Å²) in [6.07, 6.45) is 0. The van der Waals surface area contributed by atoms with E-state index in [1.165, 1.54) is 7.11 Å². The van der Waals surface area contributed by atoms with Crippen LogP contribution in [0.4, 0.5) is 0 Å². The van der Waals surface area contributed by atoms with Crippen LogP contribution in [0, 0.1) is 0 Å². The minimum absolute atomic E-state index is 0.184. The molecule has 0 aliphatic carbocycles. The Hall–Kier alpha value is -1.42. The van der Waals surface area contributed by atoms with Gasteiger partial charge in [0.1, 0.15) is 16.1 Å². The average Bonchev–Trinajstić information content (AvgIpc) is 2.30. The van der Waals surface area contributed by atoms with Crippen molar-refractivity contribution in [3.05, 3.63) is 35.9 Å². The summed E-state index contributed by atoms with van der Waals surface area (Å²) in [4.78, 5) is 11.5. The van der Waals surface area contributed by atoms with Crippen molar-refractivity contribution >= 4 is 22.1 Å². The Kier molecular flexibility index (Phi) is 4.24. The Morgan fingerprint density at radius 3 is 2.40 bits per heavy atom. The van der Waals surface area contributed by atoms with Crippen LogP contribution in [0.3, 0.4) is 0 Å². The van der Waals surface area contributed by atoms with E-state index in [1.54, 1.807) is 0 Å². The van der Waals surface area contributed by atoms with E-state index >= 15 is 0 Å². The molecule has 4 heteroatoms.